The summed E-state index contributed by atoms with van der Waals surface area (Å²) in [4.78, 5) is 0. The van der Waals surface area contributed by atoms with Crippen molar-refractivity contribution in [3.05, 3.63) is 22.4 Å². The zero-order valence-corrected chi connectivity index (χ0v) is 8.44. The Morgan fingerprint density at radius 1 is 1.46 bits per heavy atom. The molecule has 0 radical (unpaired) electrons. The van der Waals surface area contributed by atoms with E-state index in [0.717, 1.165) is 25.9 Å². The van der Waals surface area contributed by atoms with Crippen LogP contribution < -0.4 is 5.32 Å². The van der Waals surface area contributed by atoms with Crippen LogP contribution in [0.5, 0.6) is 0 Å². The summed E-state index contributed by atoms with van der Waals surface area (Å²) in [5.74, 6) is 0. The van der Waals surface area contributed by atoms with Gasteiger partial charge in [0.15, 0.2) is 0 Å². The van der Waals surface area contributed by atoms with Crippen LogP contribution in [0.25, 0.3) is 0 Å². The highest BCUT2D eigenvalue weighted by Crippen LogP contribution is 2.05. The molecule has 1 aromatic rings. The maximum atomic E-state index is 8.30. The number of nitrogens with zero attached hydrogens (tertiary/aromatic N) is 1. The lowest BCUT2D eigenvalue weighted by Gasteiger charge is -2.00. The fourth-order valence-corrected chi connectivity index (χ4v) is 1.79. The van der Waals surface area contributed by atoms with Crippen LogP contribution in [0, 0.1) is 11.3 Å². The summed E-state index contributed by atoms with van der Waals surface area (Å²) in [6, 6.07) is 4.29. The van der Waals surface area contributed by atoms with E-state index in [1.165, 1.54) is 5.56 Å². The zero-order valence-electron chi connectivity index (χ0n) is 7.62. The van der Waals surface area contributed by atoms with Gasteiger partial charge in [-0.3, -0.25) is 0 Å². The van der Waals surface area contributed by atoms with Crippen LogP contribution in [-0.2, 0) is 6.42 Å². The zero-order chi connectivity index (χ0) is 9.36. The van der Waals surface area contributed by atoms with E-state index in [0.29, 0.717) is 6.42 Å². The van der Waals surface area contributed by atoms with E-state index in [4.69, 9.17) is 5.26 Å². The van der Waals surface area contributed by atoms with Gasteiger partial charge in [-0.15, -0.1) is 0 Å². The van der Waals surface area contributed by atoms with Crippen LogP contribution in [0.1, 0.15) is 18.4 Å². The normalized spacial score (nSPS) is 9.77. The molecule has 1 heterocycles. The van der Waals surface area contributed by atoms with Crippen LogP contribution in [0.15, 0.2) is 16.8 Å². The van der Waals surface area contributed by atoms with Gasteiger partial charge in [0, 0.05) is 6.42 Å². The lowest BCUT2D eigenvalue weighted by molar-refractivity contribution is 0.655. The molecule has 1 rings (SSSR count). The second-order valence-electron chi connectivity index (χ2n) is 2.89. The molecule has 1 aromatic heterocycles. The number of thiophene rings is 1. The average Bonchev–Trinajstić information content (AvgIpc) is 2.63. The van der Waals surface area contributed by atoms with E-state index in [-0.39, 0.29) is 0 Å². The number of nitrogens with one attached hydrogen (secondary N) is 1. The minimum atomic E-state index is 0.658. The highest BCUT2D eigenvalue weighted by Gasteiger charge is 1.92. The summed E-state index contributed by atoms with van der Waals surface area (Å²) in [6.07, 6.45) is 2.71. The van der Waals surface area contributed by atoms with Crippen LogP contribution >= 0.6 is 11.3 Å². The van der Waals surface area contributed by atoms with Crippen molar-refractivity contribution < 1.29 is 0 Å². The first-order valence-corrected chi connectivity index (χ1v) is 5.46. The Labute approximate surface area is 83.2 Å². The van der Waals surface area contributed by atoms with E-state index in [1.54, 1.807) is 11.3 Å². The number of hydrogen-bond acceptors (Lipinski definition) is 3. The van der Waals surface area contributed by atoms with Crippen molar-refractivity contribution in [2.45, 2.75) is 19.3 Å². The Balaban J connectivity index is 1.94. The lowest BCUT2D eigenvalue weighted by Crippen LogP contribution is -2.18. The van der Waals surface area contributed by atoms with Gasteiger partial charge in [-0.05, 0) is 48.3 Å². The molecule has 0 aliphatic rings. The van der Waals surface area contributed by atoms with Crippen molar-refractivity contribution in [2.75, 3.05) is 13.1 Å². The molecule has 0 aromatic carbocycles. The molecule has 0 saturated carbocycles. The first-order valence-electron chi connectivity index (χ1n) is 4.52. The van der Waals surface area contributed by atoms with Crippen molar-refractivity contribution in [3.63, 3.8) is 0 Å². The van der Waals surface area contributed by atoms with Crippen molar-refractivity contribution in [3.8, 4) is 6.07 Å². The summed E-state index contributed by atoms with van der Waals surface area (Å²) in [7, 11) is 0. The summed E-state index contributed by atoms with van der Waals surface area (Å²) in [5.41, 5.74) is 1.40. The monoisotopic (exact) mass is 194 g/mol. The third-order valence-corrected chi connectivity index (χ3v) is 2.54. The second kappa shape index (κ2) is 6.64. The largest absolute Gasteiger partial charge is 0.316 e. The molecule has 0 aliphatic carbocycles. The van der Waals surface area contributed by atoms with Crippen molar-refractivity contribution in [1.82, 2.24) is 5.32 Å². The molecular formula is C10H14N2S. The standard InChI is InChI=1S/C10H14N2S/c11-5-1-2-6-12-7-3-10-4-8-13-9-10/h4,8-9,12H,1-3,6-7H2. The summed E-state index contributed by atoms with van der Waals surface area (Å²) >= 11 is 1.74. The van der Waals surface area contributed by atoms with Crippen LogP contribution in [0.3, 0.4) is 0 Å². The Kier molecular flexibility index (Phi) is 5.23. The highest BCUT2D eigenvalue weighted by atomic mass is 32.1. The minimum Gasteiger partial charge on any atom is -0.316 e. The van der Waals surface area contributed by atoms with E-state index >= 15 is 0 Å². The molecule has 70 valence electrons. The van der Waals surface area contributed by atoms with Gasteiger partial charge in [0.1, 0.15) is 0 Å². The van der Waals surface area contributed by atoms with Crippen LogP contribution in [-0.4, -0.2) is 13.1 Å². The SMILES string of the molecule is N#CCCCNCCc1ccsc1. The fourth-order valence-electron chi connectivity index (χ4n) is 1.09. The van der Waals surface area contributed by atoms with E-state index in [2.05, 4.69) is 28.2 Å². The van der Waals surface area contributed by atoms with E-state index in [1.807, 2.05) is 0 Å². The number of rotatable bonds is 6. The van der Waals surface area contributed by atoms with Gasteiger partial charge >= 0.3 is 0 Å². The molecular weight excluding hydrogens is 180 g/mol. The molecule has 0 saturated heterocycles. The molecule has 0 spiro atoms. The smallest absolute Gasteiger partial charge is 0.0622 e. The molecule has 0 unspecified atom stereocenters. The Morgan fingerprint density at radius 3 is 3.08 bits per heavy atom. The molecule has 0 amide bonds. The number of hydrogen-bond donors (Lipinski definition) is 1. The van der Waals surface area contributed by atoms with Gasteiger partial charge in [0.05, 0.1) is 6.07 Å². The Morgan fingerprint density at radius 2 is 2.38 bits per heavy atom. The molecule has 2 nitrogen and oxygen atoms in total. The Hall–Kier alpha value is -0.850. The highest BCUT2D eigenvalue weighted by molar-refractivity contribution is 7.07. The second-order valence-corrected chi connectivity index (χ2v) is 3.67. The fraction of sp³-hybridized carbons (Fsp3) is 0.500. The van der Waals surface area contributed by atoms with Gasteiger partial charge in [-0.25, -0.2) is 0 Å². The maximum absolute atomic E-state index is 8.30. The number of unbranched alkanes of at least 4 members (excludes halogenated alkanes) is 1. The lowest BCUT2D eigenvalue weighted by atomic mass is 10.2. The van der Waals surface area contributed by atoms with Gasteiger partial charge < -0.3 is 5.32 Å². The topological polar surface area (TPSA) is 35.8 Å². The molecule has 13 heavy (non-hydrogen) atoms. The summed E-state index contributed by atoms with van der Waals surface area (Å²) in [6.45, 7) is 1.97. The quantitative estimate of drug-likeness (QED) is 0.705. The molecule has 0 atom stereocenters. The Bertz CT molecular complexity index is 248. The third kappa shape index (κ3) is 4.66. The van der Waals surface area contributed by atoms with Crippen molar-refractivity contribution in [2.24, 2.45) is 0 Å². The van der Waals surface area contributed by atoms with Gasteiger partial charge in [-0.2, -0.15) is 16.6 Å². The predicted molar refractivity (Wildman–Crippen MR) is 55.7 cm³/mol. The van der Waals surface area contributed by atoms with Crippen LogP contribution in [0.4, 0.5) is 0 Å². The van der Waals surface area contributed by atoms with Gasteiger partial charge in [0.25, 0.3) is 0 Å². The van der Waals surface area contributed by atoms with Crippen LogP contribution in [0.2, 0.25) is 0 Å². The predicted octanol–water partition coefficient (Wildman–Crippen LogP) is 2.18. The van der Waals surface area contributed by atoms with Gasteiger partial charge in [0.2, 0.25) is 0 Å². The van der Waals surface area contributed by atoms with Crippen molar-refractivity contribution in [1.29, 1.82) is 5.26 Å². The first-order chi connectivity index (χ1) is 6.43. The van der Waals surface area contributed by atoms with E-state index < -0.39 is 0 Å². The number of nitriles is 1. The summed E-state index contributed by atoms with van der Waals surface area (Å²) in [5, 5.41) is 15.9. The van der Waals surface area contributed by atoms with Crippen molar-refractivity contribution >= 4 is 11.3 Å². The average molecular weight is 194 g/mol. The molecule has 0 bridgehead atoms. The van der Waals surface area contributed by atoms with Gasteiger partial charge in [-0.1, -0.05) is 0 Å². The van der Waals surface area contributed by atoms with E-state index in [9.17, 15) is 0 Å². The maximum Gasteiger partial charge on any atom is 0.0622 e. The molecule has 0 fully saturated rings. The molecule has 0 aliphatic heterocycles. The first kappa shape index (κ1) is 10.2. The molecule has 1 N–H and O–H groups in total. The minimum absolute atomic E-state index is 0.658. The molecule has 3 heteroatoms. The third-order valence-electron chi connectivity index (χ3n) is 1.81. The summed E-state index contributed by atoms with van der Waals surface area (Å²) < 4.78 is 0.